The fraction of sp³-hybridized carbons (Fsp3) is 0.217. The molecule has 3 aromatic rings. The van der Waals surface area contributed by atoms with E-state index in [9.17, 15) is 14.4 Å². The van der Waals surface area contributed by atoms with E-state index in [1.807, 2.05) is 26.0 Å². The number of benzene rings is 1. The number of aromatic nitrogens is 3. The van der Waals surface area contributed by atoms with Gasteiger partial charge in [-0.25, -0.2) is 4.68 Å². The highest BCUT2D eigenvalue weighted by atomic mass is 35.5. The number of amides is 2. The van der Waals surface area contributed by atoms with Crippen LogP contribution in [0.3, 0.4) is 0 Å². The van der Waals surface area contributed by atoms with Gasteiger partial charge in [0, 0.05) is 29.4 Å². The maximum absolute atomic E-state index is 13.4. The summed E-state index contributed by atoms with van der Waals surface area (Å²) in [5.74, 6) is -0.877. The molecule has 0 saturated heterocycles. The van der Waals surface area contributed by atoms with Crippen molar-refractivity contribution in [2.24, 2.45) is 0 Å². The van der Waals surface area contributed by atoms with Gasteiger partial charge < -0.3 is 0 Å². The Morgan fingerprint density at radius 3 is 2.39 bits per heavy atom. The number of nitrogens with zero attached hydrogens (tertiary/aromatic N) is 3. The van der Waals surface area contributed by atoms with Gasteiger partial charge in [0.25, 0.3) is 17.2 Å². The van der Waals surface area contributed by atoms with Crippen LogP contribution in [0.25, 0.3) is 17.0 Å². The maximum atomic E-state index is 13.4. The van der Waals surface area contributed by atoms with E-state index in [-0.39, 0.29) is 23.4 Å². The summed E-state index contributed by atoms with van der Waals surface area (Å²) in [5.41, 5.74) is 2.09. The summed E-state index contributed by atoms with van der Waals surface area (Å²) in [4.78, 5) is 41.1. The van der Waals surface area contributed by atoms with Gasteiger partial charge in [-0.05, 0) is 44.0 Å². The van der Waals surface area contributed by atoms with Crippen LogP contribution in [-0.2, 0) is 9.59 Å². The first-order valence-electron chi connectivity index (χ1n) is 10.00. The molecule has 1 aromatic carbocycles. The largest absolute Gasteiger partial charge is 0.326 e. The van der Waals surface area contributed by atoms with Gasteiger partial charge in [0.2, 0.25) is 0 Å². The molecule has 2 amide bonds. The predicted octanol–water partition coefficient (Wildman–Crippen LogP) is 2.87. The Morgan fingerprint density at radius 1 is 1.03 bits per heavy atom. The number of imide groups is 1. The van der Waals surface area contributed by atoms with Crippen LogP contribution in [0.15, 0.2) is 53.6 Å². The number of hydrogen-bond acceptors (Lipinski definition) is 3. The van der Waals surface area contributed by atoms with Crippen LogP contribution >= 0.6 is 11.6 Å². The van der Waals surface area contributed by atoms with Gasteiger partial charge in [-0.3, -0.25) is 24.4 Å². The van der Waals surface area contributed by atoms with Crippen molar-refractivity contribution in [1.82, 2.24) is 14.7 Å². The third-order valence-electron chi connectivity index (χ3n) is 5.23. The zero-order chi connectivity index (χ0) is 22.3. The second-order valence-electron chi connectivity index (χ2n) is 7.50. The van der Waals surface area contributed by atoms with Crippen LogP contribution in [0.2, 0.25) is 5.02 Å². The minimum atomic E-state index is -0.465. The van der Waals surface area contributed by atoms with E-state index < -0.39 is 17.4 Å². The highest BCUT2D eigenvalue weighted by Gasteiger charge is 2.46. The molecule has 158 valence electrons. The van der Waals surface area contributed by atoms with Crippen molar-refractivity contribution < 1.29 is 14.2 Å². The molecule has 2 aromatic heterocycles. The third-order valence-corrected chi connectivity index (χ3v) is 5.47. The quantitative estimate of drug-likeness (QED) is 0.492. The Kier molecular flexibility index (Phi) is 5.37. The average molecular weight is 438 g/mol. The van der Waals surface area contributed by atoms with Crippen molar-refractivity contribution in [3.05, 3.63) is 81.0 Å². The monoisotopic (exact) mass is 437 g/mol. The molecule has 3 heterocycles. The molecule has 0 fully saturated rings. The van der Waals surface area contributed by atoms with Crippen LogP contribution in [0.1, 0.15) is 30.2 Å². The highest BCUT2D eigenvalue weighted by Crippen LogP contribution is 2.30. The number of aryl methyl sites for hydroxylation is 2. The van der Waals surface area contributed by atoms with Crippen LogP contribution in [0.5, 0.6) is 0 Å². The number of H-pyrrole nitrogens is 1. The van der Waals surface area contributed by atoms with Gasteiger partial charge in [-0.1, -0.05) is 24.6 Å². The summed E-state index contributed by atoms with van der Waals surface area (Å²) in [5, 5.41) is 3.50. The molecule has 1 aliphatic heterocycles. The van der Waals surface area contributed by atoms with E-state index in [4.69, 9.17) is 11.6 Å². The molecule has 4 rings (SSSR count). The molecule has 1 aliphatic rings. The molecule has 0 atom stereocenters. The molecule has 0 bridgehead atoms. The fourth-order valence-corrected chi connectivity index (χ4v) is 3.93. The molecule has 0 unspecified atom stereocenters. The minimum absolute atomic E-state index is 0.104. The SMILES string of the molecule is CCCN1C(=O)C(c2c(C)[nH]n(-c3cccc(Cl)c3)c2=O)=C([n+]2ccc(C)cc2)C1=O. The van der Waals surface area contributed by atoms with Gasteiger partial charge in [-0.15, -0.1) is 0 Å². The van der Waals surface area contributed by atoms with E-state index in [2.05, 4.69) is 5.10 Å². The van der Waals surface area contributed by atoms with E-state index >= 15 is 0 Å². The summed E-state index contributed by atoms with van der Waals surface area (Å²) < 4.78 is 2.94. The van der Waals surface area contributed by atoms with Crippen LogP contribution in [-0.4, -0.2) is 33.0 Å². The number of hydrogen-bond donors (Lipinski definition) is 1. The Morgan fingerprint density at radius 2 is 1.74 bits per heavy atom. The van der Waals surface area contributed by atoms with Crippen LogP contribution in [0.4, 0.5) is 0 Å². The summed E-state index contributed by atoms with van der Waals surface area (Å²) in [6.45, 7) is 5.82. The van der Waals surface area contributed by atoms with Gasteiger partial charge in [0.1, 0.15) is 5.57 Å². The van der Waals surface area contributed by atoms with Crippen molar-refractivity contribution >= 4 is 34.7 Å². The summed E-state index contributed by atoms with van der Waals surface area (Å²) in [6, 6.07) is 10.5. The van der Waals surface area contributed by atoms with Gasteiger partial charge in [0.05, 0.1) is 11.3 Å². The zero-order valence-corrected chi connectivity index (χ0v) is 18.2. The van der Waals surface area contributed by atoms with Crippen molar-refractivity contribution in [1.29, 1.82) is 0 Å². The van der Waals surface area contributed by atoms with Crippen molar-refractivity contribution in [3.63, 3.8) is 0 Å². The number of halogens is 1. The predicted molar refractivity (Wildman–Crippen MR) is 118 cm³/mol. The summed E-state index contributed by atoms with van der Waals surface area (Å²) >= 11 is 6.09. The first kappa shape index (κ1) is 20.8. The summed E-state index contributed by atoms with van der Waals surface area (Å²) in [6.07, 6.45) is 4.07. The Balaban J connectivity index is 1.97. The standard InChI is InChI=1S/C23H21ClN4O3/c1-4-10-27-21(29)19(20(23(27)31)26-11-8-14(2)9-12-26)18-15(3)25-28(22(18)30)17-7-5-6-16(24)13-17/h5-9,11-13H,4,10H2,1-3H3/p+1. The smallest absolute Gasteiger partial charge is 0.295 e. The number of carbonyl (C=O) groups excluding carboxylic acids is 2. The molecule has 8 heteroatoms. The number of aromatic amines is 1. The van der Waals surface area contributed by atoms with Crippen molar-refractivity contribution in [2.45, 2.75) is 27.2 Å². The molecule has 0 saturated carbocycles. The molecule has 1 N–H and O–H groups in total. The lowest BCUT2D eigenvalue weighted by Crippen LogP contribution is -2.39. The van der Waals surface area contributed by atoms with Gasteiger partial charge >= 0.3 is 5.91 Å². The van der Waals surface area contributed by atoms with E-state index in [0.717, 1.165) is 5.56 Å². The second-order valence-corrected chi connectivity index (χ2v) is 7.94. The maximum Gasteiger partial charge on any atom is 0.326 e. The van der Waals surface area contributed by atoms with Gasteiger partial charge in [0.15, 0.2) is 12.4 Å². The third kappa shape index (κ3) is 3.51. The first-order chi connectivity index (χ1) is 14.8. The van der Waals surface area contributed by atoms with E-state index in [1.165, 1.54) is 9.58 Å². The van der Waals surface area contributed by atoms with Crippen LogP contribution < -0.4 is 10.1 Å². The number of rotatable bonds is 5. The Bertz CT molecular complexity index is 1280. The Labute approximate surface area is 184 Å². The van der Waals surface area contributed by atoms with Crippen molar-refractivity contribution in [2.75, 3.05) is 6.54 Å². The topological polar surface area (TPSA) is 79.1 Å². The van der Waals surface area contributed by atoms with E-state index in [1.54, 1.807) is 48.1 Å². The average Bonchev–Trinajstić information content (AvgIpc) is 3.16. The highest BCUT2D eigenvalue weighted by molar-refractivity contribution is 6.44. The number of pyridine rings is 1. The number of nitrogens with one attached hydrogen (secondary N) is 1. The lowest BCUT2D eigenvalue weighted by atomic mass is 10.1. The van der Waals surface area contributed by atoms with Crippen molar-refractivity contribution in [3.8, 4) is 5.69 Å². The van der Waals surface area contributed by atoms with Crippen LogP contribution in [0, 0.1) is 13.8 Å². The second kappa shape index (κ2) is 8.00. The molecule has 7 nitrogen and oxygen atoms in total. The molecule has 0 radical (unpaired) electrons. The van der Waals surface area contributed by atoms with Gasteiger partial charge in [-0.2, -0.15) is 4.57 Å². The lowest BCUT2D eigenvalue weighted by Gasteiger charge is -2.11. The molecular weight excluding hydrogens is 416 g/mol. The lowest BCUT2D eigenvalue weighted by molar-refractivity contribution is -0.577. The number of carbonyl (C=O) groups is 2. The molecule has 0 aliphatic carbocycles. The molecule has 0 spiro atoms. The summed E-state index contributed by atoms with van der Waals surface area (Å²) in [7, 11) is 0. The fourth-order valence-electron chi connectivity index (χ4n) is 3.74. The normalized spacial score (nSPS) is 14.1. The minimum Gasteiger partial charge on any atom is -0.295 e. The van der Waals surface area contributed by atoms with E-state index in [0.29, 0.717) is 22.8 Å². The molecular formula is C23H22ClN4O3+. The molecule has 31 heavy (non-hydrogen) atoms. The Hall–Kier alpha value is -3.45. The zero-order valence-electron chi connectivity index (χ0n) is 17.5. The first-order valence-corrected chi connectivity index (χ1v) is 10.4.